The summed E-state index contributed by atoms with van der Waals surface area (Å²) < 4.78 is 1.84. The van der Waals surface area contributed by atoms with E-state index in [9.17, 15) is 9.59 Å². The van der Waals surface area contributed by atoms with Gasteiger partial charge >= 0.3 is 0 Å². The highest BCUT2D eigenvalue weighted by Gasteiger charge is 2.17. The van der Waals surface area contributed by atoms with Gasteiger partial charge in [0.15, 0.2) is 11.8 Å². The van der Waals surface area contributed by atoms with E-state index in [1.54, 1.807) is 24.4 Å². The number of benzene rings is 2. The summed E-state index contributed by atoms with van der Waals surface area (Å²) in [6.07, 6.45) is 2.82. The number of halogens is 3. The van der Waals surface area contributed by atoms with E-state index < -0.39 is 6.04 Å². The van der Waals surface area contributed by atoms with E-state index in [-0.39, 0.29) is 30.2 Å². The van der Waals surface area contributed by atoms with Crippen LogP contribution in [-0.4, -0.2) is 69.7 Å². The van der Waals surface area contributed by atoms with Gasteiger partial charge in [-0.1, -0.05) is 0 Å². The number of guanidine groups is 1. The van der Waals surface area contributed by atoms with Crippen molar-refractivity contribution in [3.05, 3.63) is 60.3 Å². The fourth-order valence-electron chi connectivity index (χ4n) is 4.58. The summed E-state index contributed by atoms with van der Waals surface area (Å²) in [4.78, 5) is 35.6. The highest BCUT2D eigenvalue weighted by Crippen LogP contribution is 2.26. The molecule has 0 aliphatic heterocycles. The van der Waals surface area contributed by atoms with Crippen LogP contribution >= 0.6 is 35.6 Å². The monoisotopic (exact) mass is 662 g/mol. The lowest BCUT2D eigenvalue weighted by Crippen LogP contribution is -2.37. The van der Waals surface area contributed by atoms with Crippen LogP contribution < -0.4 is 32.3 Å². The number of hydrogen-bond acceptors (Lipinski definition) is 6. The molecule has 0 aliphatic carbocycles. The van der Waals surface area contributed by atoms with Gasteiger partial charge in [0, 0.05) is 61.6 Å². The number of aryl methyl sites for hydroxylation is 1. The van der Waals surface area contributed by atoms with Gasteiger partial charge in [-0.3, -0.25) is 15.0 Å². The Morgan fingerprint density at radius 2 is 1.77 bits per heavy atom. The Labute approximate surface area is 271 Å². The minimum Gasteiger partial charge on any atom is -0.370 e. The van der Waals surface area contributed by atoms with Crippen molar-refractivity contribution >= 4 is 81.5 Å². The largest absolute Gasteiger partial charge is 0.370 e. The van der Waals surface area contributed by atoms with Crippen LogP contribution in [0.1, 0.15) is 23.2 Å². The van der Waals surface area contributed by atoms with E-state index in [0.717, 1.165) is 16.9 Å². The standard InChI is InChI=1S/C29H36Cl2N10O2.ClH/c1-40-17-20(37-28(43)22(32)3-2-12-35-29(33)34)16-25(40)26-38-23-9-4-18(15-24(23)39-26)27(42)36-19-5-7-21(8-6-19)41(13-10-30)14-11-31;/h4-9,15-17,22H,2-3,10-14,32H2,1H3,(H,36,42)(H,37,43)(H,38,39)(H4,33,34,35);1H/t22-;/m0./s1. The van der Waals surface area contributed by atoms with Gasteiger partial charge in [0.05, 0.1) is 28.5 Å². The van der Waals surface area contributed by atoms with Crippen molar-refractivity contribution in [1.82, 2.24) is 19.9 Å². The second-order valence-corrected chi connectivity index (χ2v) is 10.7. The van der Waals surface area contributed by atoms with Gasteiger partial charge in [0.25, 0.3) is 5.91 Å². The maximum absolute atomic E-state index is 13.0. The molecule has 2 amide bonds. The van der Waals surface area contributed by atoms with Gasteiger partial charge in [0.2, 0.25) is 5.91 Å². The molecular formula is C29H37Cl3N10O2. The number of carbonyl (C=O) groups excluding carboxylic acids is 2. The Hall–Kier alpha value is -3.97. The first-order chi connectivity index (χ1) is 20.7. The average molecular weight is 664 g/mol. The summed E-state index contributed by atoms with van der Waals surface area (Å²) in [7, 11) is 1.85. The third-order valence-electron chi connectivity index (χ3n) is 6.80. The summed E-state index contributed by atoms with van der Waals surface area (Å²) in [6, 6.07) is 13.9. The number of nitrogens with two attached hydrogens (primary N) is 2. The topological polar surface area (TPSA) is 183 Å². The van der Waals surface area contributed by atoms with E-state index in [0.29, 0.717) is 72.5 Å². The third-order valence-corrected chi connectivity index (χ3v) is 7.14. The Morgan fingerprint density at radius 3 is 2.43 bits per heavy atom. The van der Waals surface area contributed by atoms with Crippen molar-refractivity contribution in [1.29, 1.82) is 5.41 Å². The number of imidazole rings is 1. The number of anilines is 3. The van der Waals surface area contributed by atoms with Crippen LogP contribution in [-0.2, 0) is 11.8 Å². The molecule has 0 saturated carbocycles. The molecular weight excluding hydrogens is 627 g/mol. The molecule has 0 radical (unpaired) electrons. The lowest BCUT2D eigenvalue weighted by molar-refractivity contribution is -0.117. The first-order valence-electron chi connectivity index (χ1n) is 13.8. The Balaban J connectivity index is 0.00000529. The van der Waals surface area contributed by atoms with E-state index in [2.05, 4.69) is 25.8 Å². The van der Waals surface area contributed by atoms with Gasteiger partial charge in [0.1, 0.15) is 0 Å². The molecule has 1 atom stereocenters. The van der Waals surface area contributed by atoms with Crippen LogP contribution in [0.25, 0.3) is 22.6 Å². The van der Waals surface area contributed by atoms with Crippen molar-refractivity contribution in [3.8, 4) is 11.5 Å². The first kappa shape index (κ1) is 34.5. The highest BCUT2D eigenvalue weighted by molar-refractivity contribution is 6.18. The number of fused-ring (bicyclic) bond motifs is 1. The molecule has 0 unspecified atom stereocenters. The maximum atomic E-state index is 13.0. The van der Waals surface area contributed by atoms with E-state index in [4.69, 9.17) is 45.1 Å². The molecule has 0 fully saturated rings. The molecule has 9 N–H and O–H groups in total. The van der Waals surface area contributed by atoms with Crippen LogP contribution in [0.5, 0.6) is 0 Å². The van der Waals surface area contributed by atoms with Gasteiger partial charge in [-0.25, -0.2) is 4.98 Å². The molecule has 15 heteroatoms. The minimum atomic E-state index is -0.701. The summed E-state index contributed by atoms with van der Waals surface area (Å²) >= 11 is 11.8. The van der Waals surface area contributed by atoms with Gasteiger partial charge in [-0.15, -0.1) is 35.6 Å². The van der Waals surface area contributed by atoms with Crippen molar-refractivity contribution < 1.29 is 9.59 Å². The fraction of sp³-hybridized carbons (Fsp3) is 0.310. The smallest absolute Gasteiger partial charge is 0.255 e. The molecule has 2 aromatic heterocycles. The van der Waals surface area contributed by atoms with Crippen molar-refractivity contribution in [2.75, 3.05) is 46.9 Å². The van der Waals surface area contributed by atoms with Crippen molar-refractivity contribution in [2.45, 2.75) is 18.9 Å². The number of amides is 2. The zero-order valence-electron chi connectivity index (χ0n) is 24.2. The van der Waals surface area contributed by atoms with Crippen LogP contribution in [0, 0.1) is 5.41 Å². The Morgan fingerprint density at radius 1 is 1.07 bits per heavy atom. The van der Waals surface area contributed by atoms with Gasteiger partial charge < -0.3 is 41.9 Å². The molecule has 0 aliphatic rings. The SMILES string of the molecule is Cl.Cn1cc(NC(=O)[C@@H](N)CCCNC(=N)N)cc1-c1nc2cc(C(=O)Nc3ccc(N(CCCl)CCCl)cc3)ccc2[nH]1. The normalized spacial score (nSPS) is 11.5. The van der Waals surface area contributed by atoms with E-state index in [1.165, 1.54) is 0 Å². The molecule has 4 aromatic rings. The molecule has 0 bridgehead atoms. The number of alkyl halides is 2. The molecule has 12 nitrogen and oxygen atoms in total. The molecule has 236 valence electrons. The van der Waals surface area contributed by atoms with Crippen LogP contribution in [0.4, 0.5) is 17.1 Å². The third kappa shape index (κ3) is 9.02. The predicted molar refractivity (Wildman–Crippen MR) is 182 cm³/mol. The second-order valence-electron chi connectivity index (χ2n) is 9.99. The number of rotatable bonds is 14. The zero-order valence-corrected chi connectivity index (χ0v) is 26.5. The van der Waals surface area contributed by atoms with Crippen LogP contribution in [0.15, 0.2) is 54.7 Å². The molecule has 4 rings (SSSR count). The number of hydrogen-bond donors (Lipinski definition) is 7. The number of aromatic nitrogens is 3. The lowest BCUT2D eigenvalue weighted by Gasteiger charge is -2.23. The zero-order chi connectivity index (χ0) is 30.9. The molecule has 0 saturated heterocycles. The van der Waals surface area contributed by atoms with Gasteiger partial charge in [-0.05, 0) is 61.4 Å². The summed E-state index contributed by atoms with van der Waals surface area (Å²) in [5, 5.41) is 15.6. The Bertz CT molecular complexity index is 1570. The number of H-pyrrole nitrogens is 1. The maximum Gasteiger partial charge on any atom is 0.255 e. The quantitative estimate of drug-likeness (QED) is 0.0459. The summed E-state index contributed by atoms with van der Waals surface area (Å²) in [5.41, 5.74) is 16.1. The molecule has 2 heterocycles. The lowest BCUT2D eigenvalue weighted by atomic mass is 10.1. The van der Waals surface area contributed by atoms with Crippen LogP contribution in [0.2, 0.25) is 0 Å². The number of nitrogens with one attached hydrogen (secondary N) is 5. The molecule has 0 spiro atoms. The Kier molecular flexibility index (Phi) is 12.7. The summed E-state index contributed by atoms with van der Waals surface area (Å²) in [5.74, 6) is 0.894. The number of nitrogens with zero attached hydrogens (tertiary/aromatic N) is 3. The minimum absolute atomic E-state index is 0. The van der Waals surface area contributed by atoms with E-state index in [1.807, 2.05) is 41.9 Å². The van der Waals surface area contributed by atoms with Gasteiger partial charge in [-0.2, -0.15) is 0 Å². The number of carbonyl (C=O) groups is 2. The second kappa shape index (κ2) is 16.2. The van der Waals surface area contributed by atoms with E-state index >= 15 is 0 Å². The highest BCUT2D eigenvalue weighted by atomic mass is 35.5. The fourth-order valence-corrected chi connectivity index (χ4v) is 4.99. The average Bonchev–Trinajstić information content (AvgIpc) is 3.57. The predicted octanol–water partition coefficient (Wildman–Crippen LogP) is 4.06. The molecule has 2 aromatic carbocycles. The number of aromatic amines is 1. The van der Waals surface area contributed by atoms with Crippen molar-refractivity contribution in [3.63, 3.8) is 0 Å². The molecule has 44 heavy (non-hydrogen) atoms. The van der Waals surface area contributed by atoms with Crippen molar-refractivity contribution in [2.24, 2.45) is 18.5 Å². The van der Waals surface area contributed by atoms with Crippen LogP contribution in [0.3, 0.4) is 0 Å². The first-order valence-corrected chi connectivity index (χ1v) is 14.8. The summed E-state index contributed by atoms with van der Waals surface area (Å²) in [6.45, 7) is 1.83.